The van der Waals surface area contributed by atoms with Crippen LogP contribution < -0.4 is 9.80 Å². The molecule has 3 aliphatic carbocycles. The molecule has 0 saturated heterocycles. The molecular formula is C67H60N2. The van der Waals surface area contributed by atoms with Gasteiger partial charge in [-0.25, -0.2) is 0 Å². The van der Waals surface area contributed by atoms with Crippen LogP contribution in [0.1, 0.15) is 105 Å². The molecule has 0 fully saturated rings. The Hall–Kier alpha value is -7.42. The van der Waals surface area contributed by atoms with Gasteiger partial charge in [0.2, 0.25) is 0 Å². The van der Waals surface area contributed by atoms with E-state index in [1.807, 2.05) is 0 Å². The van der Waals surface area contributed by atoms with Gasteiger partial charge in [-0.15, -0.1) is 0 Å². The highest BCUT2D eigenvalue weighted by molar-refractivity contribution is 5.90. The molecule has 0 amide bonds. The second-order valence-electron chi connectivity index (χ2n) is 19.6. The zero-order valence-corrected chi connectivity index (χ0v) is 40.4. The van der Waals surface area contributed by atoms with E-state index in [2.05, 4.69) is 250 Å². The molecule has 0 aliphatic heterocycles. The van der Waals surface area contributed by atoms with E-state index in [1.165, 1.54) is 83.7 Å². The molecule has 338 valence electrons. The summed E-state index contributed by atoms with van der Waals surface area (Å²) >= 11 is 0. The first kappa shape index (κ1) is 42.9. The van der Waals surface area contributed by atoms with Crippen molar-refractivity contribution in [1.29, 1.82) is 0 Å². The van der Waals surface area contributed by atoms with Crippen molar-refractivity contribution in [2.45, 2.75) is 83.0 Å². The molecular weight excluding hydrogens is 833 g/mol. The summed E-state index contributed by atoms with van der Waals surface area (Å²) in [5.74, 6) is 0.254. The average molecular weight is 893 g/mol. The fourth-order valence-corrected chi connectivity index (χ4v) is 13.1. The van der Waals surface area contributed by atoms with Crippen LogP contribution in [0.25, 0.3) is 33.4 Å². The quantitative estimate of drug-likeness (QED) is 0.128. The number of nitrogens with zero attached hydrogens (tertiary/aromatic N) is 2. The highest BCUT2D eigenvalue weighted by atomic mass is 15.1. The molecule has 1 unspecified atom stereocenters. The van der Waals surface area contributed by atoms with E-state index < -0.39 is 0 Å². The van der Waals surface area contributed by atoms with Gasteiger partial charge in [-0.2, -0.15) is 0 Å². The molecule has 2 nitrogen and oxygen atoms in total. The molecule has 69 heavy (non-hydrogen) atoms. The number of aryl methyl sites for hydroxylation is 1. The standard InChI is InChI=1S/C67H60N2/c1-5-66(6-2)62-30-20-18-28-56(62)58-40-36-52(44-64(58)66)68(48-24-14-10-15-25-48)50-34-32-47-33-38-54(46-22-12-9-13-23-46)55-39-35-51(43-61(55)60(47)42-50)69(49-26-16-11-17-27-49)53-37-41-59-57-29-19-21-31-63(57)67(7-3,8-4)65(59)45-53/h9-32,34-37,39-45,54H,5-8,33,38H2,1-4H3. The number of para-hydroxylation sites is 2. The first-order valence-corrected chi connectivity index (χ1v) is 25.5. The van der Waals surface area contributed by atoms with E-state index in [1.54, 1.807) is 0 Å². The second kappa shape index (κ2) is 17.3. The van der Waals surface area contributed by atoms with Crippen molar-refractivity contribution in [2.24, 2.45) is 0 Å². The van der Waals surface area contributed by atoms with Crippen LogP contribution in [-0.4, -0.2) is 0 Å². The van der Waals surface area contributed by atoms with Gasteiger partial charge in [0, 0.05) is 50.9 Å². The highest BCUT2D eigenvalue weighted by Crippen LogP contribution is 2.56. The lowest BCUT2D eigenvalue weighted by atomic mass is 9.74. The van der Waals surface area contributed by atoms with Crippen LogP contribution in [0, 0.1) is 0 Å². The van der Waals surface area contributed by atoms with Crippen LogP contribution in [-0.2, 0) is 17.3 Å². The molecule has 9 aromatic rings. The third-order valence-corrected chi connectivity index (χ3v) is 16.7. The molecule has 9 aromatic carbocycles. The van der Waals surface area contributed by atoms with Crippen LogP contribution in [0.4, 0.5) is 34.1 Å². The molecule has 0 aromatic heterocycles. The molecule has 0 saturated carbocycles. The predicted octanol–water partition coefficient (Wildman–Crippen LogP) is 18.5. The van der Waals surface area contributed by atoms with Gasteiger partial charge >= 0.3 is 0 Å². The Kier molecular flexibility index (Phi) is 10.7. The lowest BCUT2D eigenvalue weighted by Gasteiger charge is -2.32. The van der Waals surface area contributed by atoms with Crippen molar-refractivity contribution in [3.63, 3.8) is 0 Å². The Balaban J connectivity index is 1.05. The molecule has 0 radical (unpaired) electrons. The minimum absolute atomic E-state index is 0.0259. The summed E-state index contributed by atoms with van der Waals surface area (Å²) in [6, 6.07) is 80.6. The molecule has 12 rings (SSSR count). The van der Waals surface area contributed by atoms with Gasteiger partial charge in [0.05, 0.1) is 0 Å². The normalized spacial score (nSPS) is 15.4. The van der Waals surface area contributed by atoms with E-state index in [0.29, 0.717) is 0 Å². The molecule has 1 atom stereocenters. The van der Waals surface area contributed by atoms with Gasteiger partial charge in [-0.05, 0) is 184 Å². The zero-order chi connectivity index (χ0) is 46.7. The topological polar surface area (TPSA) is 6.48 Å². The predicted molar refractivity (Wildman–Crippen MR) is 291 cm³/mol. The SMILES string of the molecule is CCC1(CC)c2ccccc2-c2ccc(N(c3ccccc3)c3ccc4c(c3)-c3cc(N(c5ccccc5)c5ccc6c(c5)C(CC)(CC)c5ccccc5-6)ccc3C(c3ccccc3)CC4)cc21. The maximum Gasteiger partial charge on any atom is 0.0468 e. The lowest BCUT2D eigenvalue weighted by molar-refractivity contribution is 0.490. The van der Waals surface area contributed by atoms with E-state index >= 15 is 0 Å². The highest BCUT2D eigenvalue weighted by Gasteiger charge is 2.42. The van der Waals surface area contributed by atoms with E-state index in [4.69, 9.17) is 0 Å². The van der Waals surface area contributed by atoms with Crippen molar-refractivity contribution in [3.8, 4) is 33.4 Å². The van der Waals surface area contributed by atoms with Crippen molar-refractivity contribution in [2.75, 3.05) is 9.80 Å². The van der Waals surface area contributed by atoms with Crippen LogP contribution in [0.15, 0.2) is 212 Å². The van der Waals surface area contributed by atoms with Gasteiger partial charge in [0.1, 0.15) is 0 Å². The fraction of sp³-hybridized carbons (Fsp3) is 0.194. The minimum atomic E-state index is -0.0294. The van der Waals surface area contributed by atoms with E-state index in [-0.39, 0.29) is 16.7 Å². The number of hydrogen-bond donors (Lipinski definition) is 0. The number of benzene rings is 9. The number of hydrogen-bond acceptors (Lipinski definition) is 2. The summed E-state index contributed by atoms with van der Waals surface area (Å²) in [7, 11) is 0. The molecule has 0 heterocycles. The molecule has 3 aliphatic rings. The van der Waals surface area contributed by atoms with Crippen LogP contribution in [0.5, 0.6) is 0 Å². The minimum Gasteiger partial charge on any atom is -0.310 e. The van der Waals surface area contributed by atoms with Crippen LogP contribution in [0.2, 0.25) is 0 Å². The summed E-state index contributed by atoms with van der Waals surface area (Å²) in [5.41, 5.74) is 25.0. The third kappa shape index (κ3) is 6.74. The Morgan fingerprint density at radius 1 is 0.348 bits per heavy atom. The van der Waals surface area contributed by atoms with Crippen LogP contribution in [0.3, 0.4) is 0 Å². The van der Waals surface area contributed by atoms with Gasteiger partial charge in [-0.1, -0.05) is 167 Å². The Labute approximate surface area is 409 Å². The number of fused-ring (bicyclic) bond motifs is 9. The summed E-state index contributed by atoms with van der Waals surface area (Å²) < 4.78 is 0. The maximum atomic E-state index is 2.51. The Morgan fingerprint density at radius 3 is 1.26 bits per heavy atom. The maximum absolute atomic E-state index is 2.51. The largest absolute Gasteiger partial charge is 0.310 e. The fourth-order valence-electron chi connectivity index (χ4n) is 13.1. The lowest BCUT2D eigenvalue weighted by Crippen LogP contribution is -2.23. The van der Waals surface area contributed by atoms with E-state index in [0.717, 1.165) is 61.3 Å². The number of rotatable bonds is 11. The molecule has 2 heteroatoms. The van der Waals surface area contributed by atoms with Crippen molar-refractivity contribution >= 4 is 34.1 Å². The van der Waals surface area contributed by atoms with Gasteiger partial charge in [-0.3, -0.25) is 0 Å². The van der Waals surface area contributed by atoms with E-state index in [9.17, 15) is 0 Å². The summed E-state index contributed by atoms with van der Waals surface area (Å²) in [6.45, 7) is 9.46. The van der Waals surface area contributed by atoms with Crippen LogP contribution >= 0.6 is 0 Å². The zero-order valence-electron chi connectivity index (χ0n) is 40.4. The van der Waals surface area contributed by atoms with Gasteiger partial charge in [0.25, 0.3) is 0 Å². The first-order chi connectivity index (χ1) is 34.0. The monoisotopic (exact) mass is 892 g/mol. The molecule has 0 N–H and O–H groups in total. The van der Waals surface area contributed by atoms with Crippen molar-refractivity contribution in [1.82, 2.24) is 0 Å². The first-order valence-electron chi connectivity index (χ1n) is 25.5. The van der Waals surface area contributed by atoms with Crippen molar-refractivity contribution < 1.29 is 0 Å². The smallest absolute Gasteiger partial charge is 0.0468 e. The second-order valence-corrected chi connectivity index (χ2v) is 19.6. The van der Waals surface area contributed by atoms with Gasteiger partial charge < -0.3 is 9.80 Å². The Bertz CT molecular complexity index is 3340. The Morgan fingerprint density at radius 2 is 0.754 bits per heavy atom. The summed E-state index contributed by atoms with van der Waals surface area (Å²) in [4.78, 5) is 4.99. The number of anilines is 6. The third-order valence-electron chi connectivity index (χ3n) is 16.7. The molecule has 0 bridgehead atoms. The summed E-state index contributed by atoms with van der Waals surface area (Å²) in [6.07, 6.45) is 6.24. The average Bonchev–Trinajstić information content (AvgIpc) is 3.79. The molecule has 0 spiro atoms. The van der Waals surface area contributed by atoms with Crippen molar-refractivity contribution in [3.05, 3.63) is 251 Å². The van der Waals surface area contributed by atoms with Gasteiger partial charge in [0.15, 0.2) is 0 Å². The summed E-state index contributed by atoms with van der Waals surface area (Å²) in [5, 5.41) is 0.